The summed E-state index contributed by atoms with van der Waals surface area (Å²) in [6.07, 6.45) is 3.48. The van der Waals surface area contributed by atoms with Crippen LogP contribution in [0.15, 0.2) is 24.4 Å². The normalized spacial score (nSPS) is 23.2. The molecule has 0 saturated carbocycles. The number of nitrogens with zero attached hydrogens (tertiary/aromatic N) is 4. The van der Waals surface area contributed by atoms with E-state index in [0.717, 1.165) is 18.5 Å². The summed E-state index contributed by atoms with van der Waals surface area (Å²) in [7, 11) is -1.42. The monoisotopic (exact) mass is 475 g/mol. The summed E-state index contributed by atoms with van der Waals surface area (Å²) in [5.74, 6) is -1.45. The molecule has 0 bridgehead atoms. The zero-order valence-corrected chi connectivity index (χ0v) is 19.4. The number of aromatic nitrogens is 4. The first-order valence-corrected chi connectivity index (χ1v) is 12.8. The summed E-state index contributed by atoms with van der Waals surface area (Å²) < 4.78 is 48.1. The average Bonchev–Trinajstić information content (AvgIpc) is 3.42. The number of nitrogens with one attached hydrogen (secondary N) is 1. The molecule has 4 heterocycles. The molecule has 2 fully saturated rings. The van der Waals surface area contributed by atoms with Crippen molar-refractivity contribution in [1.29, 1.82) is 0 Å². The van der Waals surface area contributed by atoms with Gasteiger partial charge in [-0.25, -0.2) is 12.8 Å². The van der Waals surface area contributed by atoms with E-state index < -0.39 is 27.1 Å². The van der Waals surface area contributed by atoms with Gasteiger partial charge in [-0.3, -0.25) is 14.2 Å². The van der Waals surface area contributed by atoms with E-state index in [0.29, 0.717) is 36.2 Å². The molecular weight excluding hydrogens is 449 g/mol. The number of amides is 1. The molecule has 0 aliphatic carbocycles. The van der Waals surface area contributed by atoms with Gasteiger partial charge in [-0.15, -0.1) is 0 Å². The third kappa shape index (κ3) is 4.04. The number of sulfone groups is 1. The van der Waals surface area contributed by atoms with Crippen LogP contribution in [0.1, 0.15) is 42.6 Å². The molecule has 176 valence electrons. The highest BCUT2D eigenvalue weighted by atomic mass is 32.2. The van der Waals surface area contributed by atoms with Crippen LogP contribution in [0.2, 0.25) is 0 Å². The van der Waals surface area contributed by atoms with Crippen LogP contribution in [-0.2, 0) is 21.6 Å². The second-order valence-electron chi connectivity index (χ2n) is 9.18. The topological polar surface area (TPSA) is 108 Å². The fourth-order valence-electron chi connectivity index (χ4n) is 4.78. The summed E-state index contributed by atoms with van der Waals surface area (Å²) in [6, 6.07) is 4.73. The Morgan fingerprint density at radius 2 is 2.06 bits per heavy atom. The van der Waals surface area contributed by atoms with Crippen molar-refractivity contribution in [2.45, 2.75) is 37.8 Å². The lowest BCUT2D eigenvalue weighted by molar-refractivity contribution is 0.0675. The zero-order chi connectivity index (χ0) is 23.4. The van der Waals surface area contributed by atoms with Crippen molar-refractivity contribution in [3.8, 4) is 11.4 Å². The molecule has 0 spiro atoms. The predicted octanol–water partition coefficient (Wildman–Crippen LogP) is 2.23. The maximum absolute atomic E-state index is 15.2. The molecular formula is C22H26FN5O4S. The number of benzene rings is 1. The van der Waals surface area contributed by atoms with Crippen molar-refractivity contribution in [3.63, 3.8) is 0 Å². The number of halogens is 1. The number of rotatable bonds is 4. The van der Waals surface area contributed by atoms with Gasteiger partial charge in [0.2, 0.25) is 0 Å². The highest BCUT2D eigenvalue weighted by Crippen LogP contribution is 2.34. The molecule has 1 aromatic carbocycles. The average molecular weight is 476 g/mol. The van der Waals surface area contributed by atoms with E-state index in [-0.39, 0.29) is 23.1 Å². The molecule has 3 aromatic rings. The fraction of sp³-hybridized carbons (Fsp3) is 0.500. The largest absolute Gasteiger partial charge is 0.381 e. The molecule has 1 N–H and O–H groups in total. The van der Waals surface area contributed by atoms with Gasteiger partial charge < -0.3 is 10.1 Å². The van der Waals surface area contributed by atoms with Gasteiger partial charge in [0.05, 0.1) is 39.9 Å². The lowest BCUT2D eigenvalue weighted by Crippen LogP contribution is -2.47. The molecule has 5 rings (SSSR count). The zero-order valence-electron chi connectivity index (χ0n) is 18.5. The van der Waals surface area contributed by atoms with Crippen molar-refractivity contribution >= 4 is 26.6 Å². The summed E-state index contributed by atoms with van der Waals surface area (Å²) >= 11 is 0. The summed E-state index contributed by atoms with van der Waals surface area (Å²) in [5, 5.41) is 12.4. The number of fused-ring (bicyclic) bond motifs is 1. The van der Waals surface area contributed by atoms with Crippen LogP contribution < -0.4 is 5.32 Å². The Labute approximate surface area is 190 Å². The first-order valence-electron chi connectivity index (χ1n) is 11.0. The lowest BCUT2D eigenvalue weighted by Gasteiger charge is -2.24. The Morgan fingerprint density at radius 3 is 2.70 bits per heavy atom. The maximum Gasteiger partial charge on any atom is 0.254 e. The molecule has 1 atom stereocenters. The number of hydrogen-bond donors (Lipinski definition) is 1. The first-order chi connectivity index (χ1) is 15.7. The summed E-state index contributed by atoms with van der Waals surface area (Å²) in [4.78, 5) is 13.0. The summed E-state index contributed by atoms with van der Waals surface area (Å²) in [6.45, 7) is 2.89. The molecule has 1 amide bonds. The van der Waals surface area contributed by atoms with Gasteiger partial charge >= 0.3 is 0 Å². The van der Waals surface area contributed by atoms with Crippen LogP contribution in [0.25, 0.3) is 22.3 Å². The second kappa shape index (κ2) is 7.91. The van der Waals surface area contributed by atoms with Crippen LogP contribution in [0.3, 0.4) is 0 Å². The first kappa shape index (κ1) is 22.0. The van der Waals surface area contributed by atoms with E-state index in [2.05, 4.69) is 10.4 Å². The summed E-state index contributed by atoms with van der Waals surface area (Å²) in [5.41, 5.74) is 0.937. The SMILES string of the molecule is Cn1nccc1-c1nn(C2CCOCC2)c2cc(C(=O)N[C@@]3(C)CCS(=O)(=O)C3)c(F)cc12. The van der Waals surface area contributed by atoms with Gasteiger partial charge in [-0.2, -0.15) is 10.2 Å². The third-order valence-corrected chi connectivity index (χ3v) is 8.46. The Hall–Kier alpha value is -2.79. The minimum absolute atomic E-state index is 0.00980. The van der Waals surface area contributed by atoms with Crippen LogP contribution in [0.4, 0.5) is 4.39 Å². The van der Waals surface area contributed by atoms with Crippen molar-refractivity contribution in [2.75, 3.05) is 24.7 Å². The number of hydrogen-bond acceptors (Lipinski definition) is 6. The Morgan fingerprint density at radius 1 is 1.30 bits per heavy atom. The van der Waals surface area contributed by atoms with E-state index in [1.165, 1.54) is 12.1 Å². The van der Waals surface area contributed by atoms with Crippen LogP contribution in [0, 0.1) is 5.82 Å². The minimum atomic E-state index is -3.22. The molecule has 2 aliphatic heterocycles. The Bertz CT molecular complexity index is 1340. The number of aryl methyl sites for hydroxylation is 1. The van der Waals surface area contributed by atoms with Crippen molar-refractivity contribution in [1.82, 2.24) is 24.9 Å². The predicted molar refractivity (Wildman–Crippen MR) is 120 cm³/mol. The molecule has 9 nitrogen and oxygen atoms in total. The highest BCUT2D eigenvalue weighted by Gasteiger charge is 2.40. The highest BCUT2D eigenvalue weighted by molar-refractivity contribution is 7.91. The number of carbonyl (C=O) groups is 1. The third-order valence-electron chi connectivity index (χ3n) is 6.56. The van der Waals surface area contributed by atoms with Gasteiger partial charge in [-0.05, 0) is 44.4 Å². The minimum Gasteiger partial charge on any atom is -0.381 e. The number of carbonyl (C=O) groups excluding carboxylic acids is 1. The smallest absolute Gasteiger partial charge is 0.254 e. The molecule has 2 aromatic heterocycles. The second-order valence-corrected chi connectivity index (χ2v) is 11.4. The fourth-order valence-corrected chi connectivity index (χ4v) is 6.88. The van der Waals surface area contributed by atoms with E-state index in [4.69, 9.17) is 9.84 Å². The van der Waals surface area contributed by atoms with Crippen LogP contribution in [0.5, 0.6) is 0 Å². The van der Waals surface area contributed by atoms with E-state index in [1.807, 2.05) is 10.7 Å². The molecule has 0 unspecified atom stereocenters. The Kier molecular flexibility index (Phi) is 5.28. The standard InChI is InChI=1S/C22H26FN5O4S/c1-22(6-10-33(30,31)13-22)25-21(29)15-12-19-16(11-17(15)23)20(18-3-7-24-27(18)2)26-28(19)14-4-8-32-9-5-14/h3,7,11-12,14H,4-6,8-10,13H2,1-2H3,(H,25,29)/t22-/m0/s1. The van der Waals surface area contributed by atoms with Crippen molar-refractivity contribution < 1.29 is 22.3 Å². The molecule has 0 radical (unpaired) electrons. The lowest BCUT2D eigenvalue weighted by atomic mass is 10.0. The molecule has 2 aliphatic rings. The van der Waals surface area contributed by atoms with Gasteiger partial charge in [0.15, 0.2) is 9.84 Å². The van der Waals surface area contributed by atoms with Gasteiger partial charge in [0.25, 0.3) is 5.91 Å². The van der Waals surface area contributed by atoms with Crippen LogP contribution in [-0.4, -0.2) is 64.1 Å². The van der Waals surface area contributed by atoms with E-state index in [9.17, 15) is 13.2 Å². The van der Waals surface area contributed by atoms with Crippen molar-refractivity contribution in [3.05, 3.63) is 35.8 Å². The Balaban J connectivity index is 1.59. The van der Waals surface area contributed by atoms with Gasteiger partial charge in [-0.1, -0.05) is 0 Å². The van der Waals surface area contributed by atoms with E-state index >= 15 is 4.39 Å². The molecule has 2 saturated heterocycles. The van der Waals surface area contributed by atoms with Gasteiger partial charge in [0.1, 0.15) is 11.5 Å². The van der Waals surface area contributed by atoms with Gasteiger partial charge in [0, 0.05) is 31.8 Å². The molecule has 11 heteroatoms. The molecule has 33 heavy (non-hydrogen) atoms. The number of ether oxygens (including phenoxy) is 1. The van der Waals surface area contributed by atoms with E-state index in [1.54, 1.807) is 24.9 Å². The van der Waals surface area contributed by atoms with Crippen molar-refractivity contribution in [2.24, 2.45) is 7.05 Å². The quantitative estimate of drug-likeness (QED) is 0.620. The maximum atomic E-state index is 15.2. The van der Waals surface area contributed by atoms with Crippen LogP contribution >= 0.6 is 0 Å².